The molecular weight excluding hydrogens is 166 g/mol. The molecule has 0 saturated heterocycles. The second-order valence-corrected chi connectivity index (χ2v) is 2.25. The summed E-state index contributed by atoms with van der Waals surface area (Å²) in [5, 5.41) is 3.67. The van der Waals surface area contributed by atoms with Gasteiger partial charge < -0.3 is 4.74 Å². The van der Waals surface area contributed by atoms with Gasteiger partial charge in [-0.25, -0.2) is 4.68 Å². The van der Waals surface area contributed by atoms with Crippen molar-refractivity contribution >= 4 is 0 Å². The average Bonchev–Trinajstić information content (AvgIpc) is 2.32. The van der Waals surface area contributed by atoms with Gasteiger partial charge in [-0.1, -0.05) is 6.92 Å². The third kappa shape index (κ3) is 1.72. The van der Waals surface area contributed by atoms with Gasteiger partial charge in [0, 0.05) is 12.6 Å². The van der Waals surface area contributed by atoms with Gasteiger partial charge >= 0.3 is 6.61 Å². The van der Waals surface area contributed by atoms with Crippen LogP contribution in [-0.2, 0) is 13.5 Å². The molecule has 0 atom stereocenters. The summed E-state index contributed by atoms with van der Waals surface area (Å²) in [7, 11) is 1.54. The van der Waals surface area contributed by atoms with Gasteiger partial charge in [0.2, 0.25) is 5.88 Å². The van der Waals surface area contributed by atoms with Crippen LogP contribution >= 0.6 is 0 Å². The molecule has 1 aromatic heterocycles. The van der Waals surface area contributed by atoms with Crippen molar-refractivity contribution in [3.05, 3.63) is 11.8 Å². The Labute approximate surface area is 68.9 Å². The lowest BCUT2D eigenvalue weighted by molar-refractivity contribution is -0.0558. The largest absolute Gasteiger partial charge is 0.417 e. The molecule has 0 unspecified atom stereocenters. The predicted molar refractivity (Wildman–Crippen MR) is 38.1 cm³/mol. The zero-order valence-electron chi connectivity index (χ0n) is 6.84. The first-order valence-electron chi connectivity index (χ1n) is 3.53. The maximum absolute atomic E-state index is 11.8. The molecule has 12 heavy (non-hydrogen) atoms. The van der Waals surface area contributed by atoms with Crippen LogP contribution in [0.5, 0.6) is 5.88 Å². The van der Waals surface area contributed by atoms with Crippen LogP contribution in [0.1, 0.15) is 12.5 Å². The molecule has 0 fully saturated rings. The highest BCUT2D eigenvalue weighted by Gasteiger charge is 2.13. The van der Waals surface area contributed by atoms with E-state index in [4.69, 9.17) is 0 Å². The van der Waals surface area contributed by atoms with Gasteiger partial charge in [0.15, 0.2) is 0 Å². The summed E-state index contributed by atoms with van der Waals surface area (Å²) in [4.78, 5) is 0. The minimum atomic E-state index is -2.81. The van der Waals surface area contributed by atoms with E-state index in [1.807, 2.05) is 6.92 Å². The minimum absolute atomic E-state index is 0.0903. The second-order valence-electron chi connectivity index (χ2n) is 2.25. The smallest absolute Gasteiger partial charge is 0.388 e. The number of halogens is 2. The van der Waals surface area contributed by atoms with Crippen LogP contribution in [0.3, 0.4) is 0 Å². The number of alkyl halides is 2. The highest BCUT2D eigenvalue weighted by atomic mass is 19.3. The third-order valence-corrected chi connectivity index (χ3v) is 1.44. The van der Waals surface area contributed by atoms with E-state index in [1.54, 1.807) is 0 Å². The number of rotatable bonds is 3. The Bertz CT molecular complexity index is 260. The van der Waals surface area contributed by atoms with Crippen LogP contribution in [-0.4, -0.2) is 16.4 Å². The van der Waals surface area contributed by atoms with E-state index < -0.39 is 6.61 Å². The summed E-state index contributed by atoms with van der Waals surface area (Å²) in [5.74, 6) is 0.0903. The standard InChI is InChI=1S/C7H9F2N2O/c1-3-5-4-10-11(2)6(5)12-7(8)9/h7H,3H2,1-2H3. The van der Waals surface area contributed by atoms with Crippen molar-refractivity contribution in [3.8, 4) is 5.88 Å². The average molecular weight is 175 g/mol. The van der Waals surface area contributed by atoms with E-state index in [-0.39, 0.29) is 5.88 Å². The Balaban J connectivity index is 2.86. The number of nitrogens with zero attached hydrogens (tertiary/aromatic N) is 2. The van der Waals surface area contributed by atoms with E-state index in [0.717, 1.165) is 0 Å². The van der Waals surface area contributed by atoms with Crippen LogP contribution in [0, 0.1) is 6.20 Å². The number of aryl methyl sites for hydroxylation is 2. The van der Waals surface area contributed by atoms with Gasteiger partial charge in [0.25, 0.3) is 0 Å². The van der Waals surface area contributed by atoms with Crippen LogP contribution in [0.25, 0.3) is 0 Å². The number of hydrogen-bond acceptors (Lipinski definition) is 2. The summed E-state index contributed by atoms with van der Waals surface area (Å²) < 4.78 is 29.1. The van der Waals surface area contributed by atoms with Crippen LogP contribution in [0.2, 0.25) is 0 Å². The Kier molecular flexibility index (Phi) is 2.62. The molecule has 1 heterocycles. The molecule has 0 N–H and O–H groups in total. The first-order chi connectivity index (χ1) is 5.65. The van der Waals surface area contributed by atoms with E-state index in [0.29, 0.717) is 12.0 Å². The highest BCUT2D eigenvalue weighted by Crippen LogP contribution is 2.18. The number of hydrogen-bond donors (Lipinski definition) is 0. The molecule has 1 radical (unpaired) electrons. The van der Waals surface area contributed by atoms with E-state index in [1.165, 1.54) is 11.7 Å². The quantitative estimate of drug-likeness (QED) is 0.694. The predicted octanol–water partition coefficient (Wildman–Crippen LogP) is 1.38. The second kappa shape index (κ2) is 3.51. The maximum atomic E-state index is 11.8. The van der Waals surface area contributed by atoms with Gasteiger partial charge in [-0.15, -0.1) is 0 Å². The molecule has 67 valence electrons. The fourth-order valence-electron chi connectivity index (χ4n) is 0.886. The van der Waals surface area contributed by atoms with Crippen molar-refractivity contribution in [1.82, 2.24) is 9.78 Å². The van der Waals surface area contributed by atoms with E-state index in [2.05, 4.69) is 16.0 Å². The topological polar surface area (TPSA) is 27.1 Å². The van der Waals surface area contributed by atoms with Gasteiger partial charge in [-0.3, -0.25) is 0 Å². The Morgan fingerprint density at radius 1 is 1.67 bits per heavy atom. The molecule has 0 aliphatic rings. The van der Waals surface area contributed by atoms with Crippen molar-refractivity contribution in [2.45, 2.75) is 20.0 Å². The lowest BCUT2D eigenvalue weighted by Crippen LogP contribution is -2.07. The summed E-state index contributed by atoms with van der Waals surface area (Å²) >= 11 is 0. The normalized spacial score (nSPS) is 10.8. The van der Waals surface area contributed by atoms with Crippen LogP contribution < -0.4 is 4.74 Å². The molecule has 0 aliphatic heterocycles. The lowest BCUT2D eigenvalue weighted by atomic mass is 10.3. The lowest BCUT2D eigenvalue weighted by Gasteiger charge is -2.05. The molecular formula is C7H9F2N2O. The van der Waals surface area contributed by atoms with Crippen LogP contribution in [0.4, 0.5) is 8.78 Å². The summed E-state index contributed by atoms with van der Waals surface area (Å²) in [6, 6.07) is 0. The molecule has 0 saturated carbocycles. The zero-order chi connectivity index (χ0) is 9.14. The van der Waals surface area contributed by atoms with Gasteiger partial charge in [0.05, 0.1) is 0 Å². The molecule has 1 rings (SSSR count). The van der Waals surface area contributed by atoms with Crippen molar-refractivity contribution in [1.29, 1.82) is 0 Å². The maximum Gasteiger partial charge on any atom is 0.388 e. The first kappa shape index (κ1) is 8.96. The van der Waals surface area contributed by atoms with Crippen molar-refractivity contribution < 1.29 is 13.5 Å². The molecule has 3 nitrogen and oxygen atoms in total. The van der Waals surface area contributed by atoms with Gasteiger partial charge in [-0.05, 0) is 6.42 Å². The molecule has 0 bridgehead atoms. The SMILES string of the molecule is CCc1[c]nn(C)c1OC(F)F. The molecule has 0 aromatic carbocycles. The Morgan fingerprint density at radius 3 is 2.83 bits per heavy atom. The van der Waals surface area contributed by atoms with Crippen molar-refractivity contribution in [2.75, 3.05) is 0 Å². The first-order valence-corrected chi connectivity index (χ1v) is 3.53. The summed E-state index contributed by atoms with van der Waals surface area (Å²) in [6.07, 6.45) is 3.16. The van der Waals surface area contributed by atoms with Gasteiger partial charge in [-0.2, -0.15) is 13.9 Å². The molecule has 5 heteroatoms. The molecule has 0 aliphatic carbocycles. The summed E-state index contributed by atoms with van der Waals surface area (Å²) in [6.45, 7) is -0.981. The van der Waals surface area contributed by atoms with E-state index in [9.17, 15) is 8.78 Å². The molecule has 0 amide bonds. The fourth-order valence-corrected chi connectivity index (χ4v) is 0.886. The van der Waals surface area contributed by atoms with Crippen molar-refractivity contribution in [3.63, 3.8) is 0 Å². The molecule has 1 aromatic rings. The van der Waals surface area contributed by atoms with Crippen molar-refractivity contribution in [2.24, 2.45) is 7.05 Å². The monoisotopic (exact) mass is 175 g/mol. The van der Waals surface area contributed by atoms with Crippen LogP contribution in [0.15, 0.2) is 0 Å². The molecule has 0 spiro atoms. The zero-order valence-corrected chi connectivity index (χ0v) is 6.84. The number of aromatic nitrogens is 2. The van der Waals surface area contributed by atoms with E-state index >= 15 is 0 Å². The Hall–Kier alpha value is -1.13. The Morgan fingerprint density at radius 2 is 2.33 bits per heavy atom. The third-order valence-electron chi connectivity index (χ3n) is 1.44. The van der Waals surface area contributed by atoms with Gasteiger partial charge in [0.1, 0.15) is 6.20 Å². The fraction of sp³-hybridized carbons (Fsp3) is 0.571. The number of ether oxygens (including phenoxy) is 1. The minimum Gasteiger partial charge on any atom is -0.417 e. The highest BCUT2D eigenvalue weighted by molar-refractivity contribution is 5.22. The summed E-state index contributed by atoms with van der Waals surface area (Å²) in [5.41, 5.74) is 0.567.